The van der Waals surface area contributed by atoms with E-state index in [1.807, 2.05) is 35.0 Å². The highest BCUT2D eigenvalue weighted by atomic mass is 16.5. The molecule has 0 saturated heterocycles. The van der Waals surface area contributed by atoms with Crippen LogP contribution in [0, 0.1) is 0 Å². The van der Waals surface area contributed by atoms with Crippen LogP contribution in [0.25, 0.3) is 5.52 Å². The first-order chi connectivity index (χ1) is 7.76. The Labute approximate surface area is 93.8 Å². The van der Waals surface area contributed by atoms with E-state index in [9.17, 15) is 4.79 Å². The van der Waals surface area contributed by atoms with Crippen molar-refractivity contribution < 1.29 is 9.53 Å². The Bertz CT molecular complexity index is 517. The van der Waals surface area contributed by atoms with Crippen LogP contribution >= 0.6 is 0 Å². The van der Waals surface area contributed by atoms with Gasteiger partial charge in [0.15, 0.2) is 5.78 Å². The smallest absolute Gasteiger partial charge is 0.178 e. The van der Waals surface area contributed by atoms with Gasteiger partial charge in [-0.05, 0) is 19.2 Å². The highest BCUT2D eigenvalue weighted by Gasteiger charge is 2.10. The first kappa shape index (κ1) is 10.7. The topological polar surface area (TPSA) is 42.7 Å². The van der Waals surface area contributed by atoms with Crippen LogP contribution in [0.15, 0.2) is 30.6 Å². The SMILES string of the molecule is CNCC(=O)c1ccn2ccc(OC)cc12. The number of pyridine rings is 1. The number of aromatic nitrogens is 1. The molecule has 84 valence electrons. The third-order valence-corrected chi connectivity index (χ3v) is 2.51. The Hall–Kier alpha value is -1.81. The van der Waals surface area contributed by atoms with Crippen molar-refractivity contribution in [3.8, 4) is 5.75 Å². The quantitative estimate of drug-likeness (QED) is 0.788. The number of methoxy groups -OCH3 is 1. The fourth-order valence-electron chi connectivity index (χ4n) is 1.70. The second kappa shape index (κ2) is 4.37. The molecule has 1 N–H and O–H groups in total. The second-order valence-electron chi connectivity index (χ2n) is 3.54. The van der Waals surface area contributed by atoms with Gasteiger partial charge in [0, 0.05) is 24.0 Å². The van der Waals surface area contributed by atoms with Crippen molar-refractivity contribution in [2.75, 3.05) is 20.7 Å². The highest BCUT2D eigenvalue weighted by molar-refractivity contribution is 6.04. The molecule has 0 bridgehead atoms. The third-order valence-electron chi connectivity index (χ3n) is 2.51. The van der Waals surface area contributed by atoms with Crippen molar-refractivity contribution >= 4 is 11.3 Å². The van der Waals surface area contributed by atoms with Gasteiger partial charge in [0.05, 0.1) is 19.2 Å². The van der Waals surface area contributed by atoms with E-state index in [-0.39, 0.29) is 5.78 Å². The standard InChI is InChI=1S/C12H14N2O2/c1-13-8-12(15)10-4-6-14-5-3-9(16-2)7-11(10)14/h3-7,13H,8H2,1-2H3. The number of ketones is 1. The van der Waals surface area contributed by atoms with E-state index in [1.165, 1.54) is 0 Å². The molecule has 4 nitrogen and oxygen atoms in total. The summed E-state index contributed by atoms with van der Waals surface area (Å²) in [5.74, 6) is 0.836. The summed E-state index contributed by atoms with van der Waals surface area (Å²) >= 11 is 0. The van der Waals surface area contributed by atoms with Gasteiger partial charge in [-0.3, -0.25) is 4.79 Å². The van der Waals surface area contributed by atoms with Crippen LogP contribution in [0.1, 0.15) is 10.4 Å². The van der Waals surface area contributed by atoms with Crippen molar-refractivity contribution in [3.63, 3.8) is 0 Å². The Morgan fingerprint density at radius 2 is 2.19 bits per heavy atom. The minimum atomic E-state index is 0.0817. The molecule has 0 radical (unpaired) electrons. The highest BCUT2D eigenvalue weighted by Crippen LogP contribution is 2.19. The predicted octanol–water partition coefficient (Wildman–Crippen LogP) is 1.35. The second-order valence-corrected chi connectivity index (χ2v) is 3.54. The maximum atomic E-state index is 11.8. The van der Waals surface area contributed by atoms with Crippen LogP contribution < -0.4 is 10.1 Å². The lowest BCUT2D eigenvalue weighted by molar-refractivity contribution is 0.0995. The number of Topliss-reactive ketones (excluding diaryl/α,β-unsaturated/α-hetero) is 1. The summed E-state index contributed by atoms with van der Waals surface area (Å²) in [7, 11) is 3.38. The lowest BCUT2D eigenvalue weighted by Crippen LogP contribution is -2.18. The minimum Gasteiger partial charge on any atom is -0.497 e. The fourth-order valence-corrected chi connectivity index (χ4v) is 1.70. The molecule has 2 aromatic heterocycles. The lowest BCUT2D eigenvalue weighted by Gasteiger charge is -2.03. The van der Waals surface area contributed by atoms with Crippen molar-refractivity contribution in [1.82, 2.24) is 9.72 Å². The summed E-state index contributed by atoms with van der Waals surface area (Å²) < 4.78 is 7.05. The summed E-state index contributed by atoms with van der Waals surface area (Å²) in [4.78, 5) is 11.8. The van der Waals surface area contributed by atoms with Crippen LogP contribution in [0.2, 0.25) is 0 Å². The number of ether oxygens (including phenoxy) is 1. The molecule has 0 aliphatic carbocycles. The number of hydrogen-bond acceptors (Lipinski definition) is 3. The average Bonchev–Trinajstić information content (AvgIpc) is 2.71. The zero-order chi connectivity index (χ0) is 11.5. The molecule has 0 saturated carbocycles. The molecule has 2 heterocycles. The minimum absolute atomic E-state index is 0.0817. The van der Waals surface area contributed by atoms with E-state index in [2.05, 4.69) is 5.32 Å². The summed E-state index contributed by atoms with van der Waals surface area (Å²) in [5, 5.41) is 2.86. The van der Waals surface area contributed by atoms with Gasteiger partial charge in [-0.1, -0.05) is 0 Å². The molecule has 0 aromatic carbocycles. The maximum Gasteiger partial charge on any atom is 0.178 e. The molecule has 0 unspecified atom stereocenters. The number of rotatable bonds is 4. The maximum absolute atomic E-state index is 11.8. The number of carbonyl (C=O) groups is 1. The molecule has 0 atom stereocenters. The molecule has 2 aromatic rings. The van der Waals surface area contributed by atoms with Crippen LogP contribution in [0.3, 0.4) is 0 Å². The largest absolute Gasteiger partial charge is 0.497 e. The normalized spacial score (nSPS) is 10.6. The van der Waals surface area contributed by atoms with E-state index < -0.39 is 0 Å². The Morgan fingerprint density at radius 3 is 2.88 bits per heavy atom. The number of hydrogen-bond donors (Lipinski definition) is 1. The number of nitrogens with zero attached hydrogens (tertiary/aromatic N) is 1. The van der Waals surface area contributed by atoms with Crippen LogP contribution in [0.4, 0.5) is 0 Å². The molecule has 16 heavy (non-hydrogen) atoms. The zero-order valence-corrected chi connectivity index (χ0v) is 9.36. The first-order valence-electron chi connectivity index (χ1n) is 5.08. The number of likely N-dealkylation sites (N-methyl/N-ethyl adjacent to an activating group) is 1. The van der Waals surface area contributed by atoms with E-state index >= 15 is 0 Å². The number of carbonyl (C=O) groups excluding carboxylic acids is 1. The summed E-state index contributed by atoms with van der Waals surface area (Å²) in [6, 6.07) is 5.55. The molecule has 0 spiro atoms. The van der Waals surface area contributed by atoms with Crippen molar-refractivity contribution in [3.05, 3.63) is 36.2 Å². The van der Waals surface area contributed by atoms with Gasteiger partial charge in [-0.25, -0.2) is 0 Å². The zero-order valence-electron chi connectivity index (χ0n) is 9.36. The molecular weight excluding hydrogens is 204 g/mol. The Morgan fingerprint density at radius 1 is 1.44 bits per heavy atom. The van der Waals surface area contributed by atoms with E-state index in [0.717, 1.165) is 11.3 Å². The van der Waals surface area contributed by atoms with E-state index in [0.29, 0.717) is 12.1 Å². The molecule has 0 aliphatic heterocycles. The average molecular weight is 218 g/mol. The van der Waals surface area contributed by atoms with Crippen LogP contribution in [-0.4, -0.2) is 30.9 Å². The van der Waals surface area contributed by atoms with Gasteiger partial charge in [0.1, 0.15) is 5.75 Å². The summed E-state index contributed by atoms with van der Waals surface area (Å²) in [5.41, 5.74) is 1.59. The van der Waals surface area contributed by atoms with E-state index in [4.69, 9.17) is 4.74 Å². The van der Waals surface area contributed by atoms with Crippen LogP contribution in [-0.2, 0) is 0 Å². The molecule has 2 rings (SSSR count). The van der Waals surface area contributed by atoms with Gasteiger partial charge >= 0.3 is 0 Å². The van der Waals surface area contributed by atoms with E-state index in [1.54, 1.807) is 14.2 Å². The van der Waals surface area contributed by atoms with Gasteiger partial charge in [0.2, 0.25) is 0 Å². The Balaban J connectivity index is 2.49. The van der Waals surface area contributed by atoms with Crippen molar-refractivity contribution in [2.24, 2.45) is 0 Å². The third kappa shape index (κ3) is 1.79. The van der Waals surface area contributed by atoms with Gasteiger partial charge in [-0.2, -0.15) is 0 Å². The van der Waals surface area contributed by atoms with Crippen LogP contribution in [0.5, 0.6) is 5.75 Å². The Kier molecular flexibility index (Phi) is 2.92. The number of nitrogens with one attached hydrogen (secondary N) is 1. The summed E-state index contributed by atoms with van der Waals surface area (Å²) in [6.45, 7) is 0.344. The lowest BCUT2D eigenvalue weighted by atomic mass is 10.1. The molecular formula is C12H14N2O2. The molecule has 4 heteroatoms. The first-order valence-corrected chi connectivity index (χ1v) is 5.08. The van der Waals surface area contributed by atoms with Gasteiger partial charge in [-0.15, -0.1) is 0 Å². The number of fused-ring (bicyclic) bond motifs is 1. The van der Waals surface area contributed by atoms with Crippen molar-refractivity contribution in [1.29, 1.82) is 0 Å². The molecule has 0 aliphatic rings. The monoisotopic (exact) mass is 218 g/mol. The summed E-state index contributed by atoms with van der Waals surface area (Å²) in [6.07, 6.45) is 3.75. The van der Waals surface area contributed by atoms with Gasteiger partial charge in [0.25, 0.3) is 0 Å². The molecule has 0 fully saturated rings. The van der Waals surface area contributed by atoms with Crippen molar-refractivity contribution in [2.45, 2.75) is 0 Å². The predicted molar refractivity (Wildman–Crippen MR) is 62.2 cm³/mol. The molecule has 0 amide bonds. The fraction of sp³-hybridized carbons (Fsp3) is 0.250. The van der Waals surface area contributed by atoms with Gasteiger partial charge < -0.3 is 14.5 Å².